The van der Waals surface area contributed by atoms with Crippen LogP contribution < -0.4 is 10.1 Å². The lowest BCUT2D eigenvalue weighted by Gasteiger charge is -2.17. The van der Waals surface area contributed by atoms with E-state index in [1.54, 1.807) is 12.1 Å². The maximum atomic E-state index is 11.3. The fraction of sp³-hybridized carbons (Fsp3) is 0.214. The Morgan fingerprint density at radius 1 is 1.38 bits per heavy atom. The Kier molecular flexibility index (Phi) is 3.31. The van der Waals surface area contributed by atoms with Gasteiger partial charge in [0, 0.05) is 18.2 Å². The Balaban J connectivity index is 1.68. The molecule has 0 radical (unpaired) electrons. The third-order valence-corrected chi connectivity index (χ3v) is 3.13. The first-order valence-electron chi connectivity index (χ1n) is 6.36. The minimum Gasteiger partial charge on any atom is -0.486 e. The zero-order valence-electron chi connectivity index (χ0n) is 11.0. The van der Waals surface area contributed by atoms with Crippen LogP contribution in [-0.2, 0) is 17.8 Å². The SMILES string of the molecule is O=C1CCc2cc(OCc3cc(C(=O)O)no3)ccc2N1. The number of nitrogens with zero attached hydrogens (tertiary/aromatic N) is 1. The number of carboxylic acids is 1. The summed E-state index contributed by atoms with van der Waals surface area (Å²) in [6.07, 6.45) is 1.13. The van der Waals surface area contributed by atoms with E-state index in [0.717, 1.165) is 11.3 Å². The number of fused-ring (bicyclic) bond motifs is 1. The molecular formula is C14H12N2O5. The van der Waals surface area contributed by atoms with Gasteiger partial charge < -0.3 is 19.7 Å². The summed E-state index contributed by atoms with van der Waals surface area (Å²) in [6.45, 7) is 0.0887. The molecule has 1 aromatic heterocycles. The number of carbonyl (C=O) groups excluding carboxylic acids is 1. The summed E-state index contributed by atoms with van der Waals surface area (Å²) < 4.78 is 10.4. The van der Waals surface area contributed by atoms with Crippen LogP contribution in [0.3, 0.4) is 0 Å². The van der Waals surface area contributed by atoms with Gasteiger partial charge in [-0.2, -0.15) is 0 Å². The third-order valence-electron chi connectivity index (χ3n) is 3.13. The van der Waals surface area contributed by atoms with E-state index in [-0.39, 0.29) is 18.2 Å². The highest BCUT2D eigenvalue weighted by molar-refractivity contribution is 5.94. The van der Waals surface area contributed by atoms with Gasteiger partial charge in [-0.1, -0.05) is 5.16 Å². The summed E-state index contributed by atoms with van der Waals surface area (Å²) >= 11 is 0. The number of carboxylic acid groups (broad SMARTS) is 1. The predicted octanol–water partition coefficient (Wildman–Crippen LogP) is 1.84. The molecule has 2 aromatic rings. The van der Waals surface area contributed by atoms with Crippen LogP contribution >= 0.6 is 0 Å². The van der Waals surface area contributed by atoms with Crippen molar-refractivity contribution in [3.05, 3.63) is 41.3 Å². The molecular weight excluding hydrogens is 276 g/mol. The predicted molar refractivity (Wildman–Crippen MR) is 71.2 cm³/mol. The lowest BCUT2D eigenvalue weighted by Crippen LogP contribution is -2.18. The standard InChI is InChI=1S/C14H12N2O5/c17-13-4-1-8-5-9(2-3-11(8)15-13)20-7-10-6-12(14(18)19)16-21-10/h2-3,5-6H,1,4,7H2,(H,15,17)(H,18,19). The number of aromatic nitrogens is 1. The van der Waals surface area contributed by atoms with Crippen molar-refractivity contribution < 1.29 is 24.0 Å². The molecule has 3 rings (SSSR count). The van der Waals surface area contributed by atoms with Crippen LogP contribution in [0.25, 0.3) is 0 Å². The number of amides is 1. The maximum absolute atomic E-state index is 11.3. The molecule has 0 aliphatic carbocycles. The van der Waals surface area contributed by atoms with Crippen molar-refractivity contribution in [3.8, 4) is 5.75 Å². The third kappa shape index (κ3) is 2.86. The van der Waals surface area contributed by atoms with Gasteiger partial charge in [-0.25, -0.2) is 4.79 Å². The van der Waals surface area contributed by atoms with Gasteiger partial charge in [-0.15, -0.1) is 0 Å². The summed E-state index contributed by atoms with van der Waals surface area (Å²) in [5.41, 5.74) is 1.66. The molecule has 108 valence electrons. The molecule has 1 aromatic carbocycles. The second kappa shape index (κ2) is 5.28. The second-order valence-electron chi connectivity index (χ2n) is 4.64. The van der Waals surface area contributed by atoms with Crippen LogP contribution in [0, 0.1) is 0 Å². The molecule has 7 nitrogen and oxygen atoms in total. The summed E-state index contributed by atoms with van der Waals surface area (Å²) in [5.74, 6) is -0.176. The van der Waals surface area contributed by atoms with Crippen molar-refractivity contribution in [2.45, 2.75) is 19.4 Å². The maximum Gasteiger partial charge on any atom is 0.358 e. The number of carbonyl (C=O) groups is 2. The zero-order chi connectivity index (χ0) is 14.8. The van der Waals surface area contributed by atoms with Gasteiger partial charge in [-0.05, 0) is 30.2 Å². The van der Waals surface area contributed by atoms with Crippen LogP contribution in [-0.4, -0.2) is 22.1 Å². The average Bonchev–Trinajstić information content (AvgIpc) is 2.94. The first-order valence-corrected chi connectivity index (χ1v) is 6.36. The van der Waals surface area contributed by atoms with E-state index in [0.29, 0.717) is 24.4 Å². The van der Waals surface area contributed by atoms with Gasteiger partial charge in [0.15, 0.2) is 11.5 Å². The number of hydrogen-bond donors (Lipinski definition) is 2. The topological polar surface area (TPSA) is 102 Å². The molecule has 0 fully saturated rings. The first-order chi connectivity index (χ1) is 10.1. The van der Waals surface area contributed by atoms with Crippen molar-refractivity contribution in [1.82, 2.24) is 5.16 Å². The number of aromatic carboxylic acids is 1. The molecule has 0 unspecified atom stereocenters. The molecule has 2 heterocycles. The molecule has 0 saturated heterocycles. The Morgan fingerprint density at radius 3 is 3.00 bits per heavy atom. The van der Waals surface area contributed by atoms with Gasteiger partial charge >= 0.3 is 5.97 Å². The number of rotatable bonds is 4. The first kappa shape index (κ1) is 13.2. The van der Waals surface area contributed by atoms with Crippen molar-refractivity contribution in [1.29, 1.82) is 0 Å². The van der Waals surface area contributed by atoms with Crippen LogP contribution in [0.5, 0.6) is 5.75 Å². The van der Waals surface area contributed by atoms with Gasteiger partial charge in [0.2, 0.25) is 5.91 Å². The fourth-order valence-corrected chi connectivity index (χ4v) is 2.09. The Hall–Kier alpha value is -2.83. The summed E-state index contributed by atoms with van der Waals surface area (Å²) in [4.78, 5) is 21.9. The van der Waals surface area contributed by atoms with Crippen LogP contribution in [0.15, 0.2) is 28.8 Å². The number of nitrogens with one attached hydrogen (secondary N) is 1. The van der Waals surface area contributed by atoms with E-state index < -0.39 is 5.97 Å². The quantitative estimate of drug-likeness (QED) is 0.890. The van der Waals surface area contributed by atoms with Crippen LogP contribution in [0.1, 0.15) is 28.2 Å². The van der Waals surface area contributed by atoms with Crippen LogP contribution in [0.4, 0.5) is 5.69 Å². The molecule has 2 N–H and O–H groups in total. The molecule has 21 heavy (non-hydrogen) atoms. The molecule has 0 saturated carbocycles. The van der Waals surface area contributed by atoms with Crippen molar-refractivity contribution >= 4 is 17.6 Å². The number of ether oxygens (including phenoxy) is 1. The van der Waals surface area contributed by atoms with Gasteiger partial charge in [-0.3, -0.25) is 4.79 Å². The molecule has 1 amide bonds. The largest absolute Gasteiger partial charge is 0.486 e. The van der Waals surface area contributed by atoms with E-state index in [9.17, 15) is 9.59 Å². The second-order valence-corrected chi connectivity index (χ2v) is 4.64. The lowest BCUT2D eigenvalue weighted by atomic mass is 10.0. The monoisotopic (exact) mass is 288 g/mol. The lowest BCUT2D eigenvalue weighted by molar-refractivity contribution is -0.116. The number of aryl methyl sites for hydroxylation is 1. The van der Waals surface area contributed by atoms with E-state index in [1.165, 1.54) is 6.07 Å². The van der Waals surface area contributed by atoms with E-state index in [1.807, 2.05) is 6.07 Å². The molecule has 7 heteroatoms. The van der Waals surface area contributed by atoms with E-state index in [4.69, 9.17) is 14.4 Å². The number of anilines is 1. The fourth-order valence-electron chi connectivity index (χ4n) is 2.09. The number of hydrogen-bond acceptors (Lipinski definition) is 5. The van der Waals surface area contributed by atoms with Crippen LogP contribution in [0.2, 0.25) is 0 Å². The summed E-state index contributed by atoms with van der Waals surface area (Å²) in [7, 11) is 0. The van der Waals surface area contributed by atoms with E-state index in [2.05, 4.69) is 10.5 Å². The van der Waals surface area contributed by atoms with Gasteiger partial charge in [0.05, 0.1) is 0 Å². The Labute approximate surface area is 119 Å². The van der Waals surface area contributed by atoms with Crippen molar-refractivity contribution in [2.75, 3.05) is 5.32 Å². The zero-order valence-corrected chi connectivity index (χ0v) is 11.0. The highest BCUT2D eigenvalue weighted by Crippen LogP contribution is 2.27. The average molecular weight is 288 g/mol. The minimum atomic E-state index is -1.14. The molecule has 0 bridgehead atoms. The normalized spacial score (nSPS) is 13.4. The minimum absolute atomic E-state index is 0.0130. The Morgan fingerprint density at radius 2 is 2.24 bits per heavy atom. The molecule has 0 atom stereocenters. The molecule has 0 spiro atoms. The van der Waals surface area contributed by atoms with Gasteiger partial charge in [0.25, 0.3) is 0 Å². The summed E-state index contributed by atoms with van der Waals surface area (Å²) in [5, 5.41) is 14.9. The van der Waals surface area contributed by atoms with Crippen molar-refractivity contribution in [3.63, 3.8) is 0 Å². The van der Waals surface area contributed by atoms with Gasteiger partial charge in [0.1, 0.15) is 12.4 Å². The van der Waals surface area contributed by atoms with E-state index >= 15 is 0 Å². The highest BCUT2D eigenvalue weighted by Gasteiger charge is 2.15. The highest BCUT2D eigenvalue weighted by atomic mass is 16.5. The summed E-state index contributed by atoms with van der Waals surface area (Å²) in [6, 6.07) is 6.69. The Bertz CT molecular complexity index is 707. The number of benzene rings is 1. The molecule has 1 aliphatic heterocycles. The smallest absolute Gasteiger partial charge is 0.358 e. The van der Waals surface area contributed by atoms with Crippen molar-refractivity contribution in [2.24, 2.45) is 0 Å². The molecule has 1 aliphatic rings.